The summed E-state index contributed by atoms with van der Waals surface area (Å²) in [6, 6.07) is 0.838. The molecule has 0 unspecified atom stereocenters. The molecule has 0 radical (unpaired) electrons. The summed E-state index contributed by atoms with van der Waals surface area (Å²) in [6.07, 6.45) is 11.4. The van der Waals surface area contributed by atoms with Crippen LogP contribution in [0.1, 0.15) is 65.2 Å². The van der Waals surface area contributed by atoms with E-state index in [-0.39, 0.29) is 0 Å². The molecule has 0 aliphatic carbocycles. The van der Waals surface area contributed by atoms with Crippen molar-refractivity contribution in [1.29, 1.82) is 0 Å². The van der Waals surface area contributed by atoms with Gasteiger partial charge in [0.2, 0.25) is 0 Å². The summed E-state index contributed by atoms with van der Waals surface area (Å²) >= 11 is 0. The van der Waals surface area contributed by atoms with Crippen LogP contribution in [0.5, 0.6) is 0 Å². The van der Waals surface area contributed by atoms with Gasteiger partial charge in [0.05, 0.1) is 0 Å². The van der Waals surface area contributed by atoms with E-state index in [2.05, 4.69) is 24.1 Å². The Morgan fingerprint density at radius 2 is 1.47 bits per heavy atom. The third-order valence-corrected chi connectivity index (χ3v) is 3.98. The number of nitrogens with one attached hydrogen (secondary N) is 1. The zero-order valence-corrected chi connectivity index (χ0v) is 12.0. The van der Waals surface area contributed by atoms with E-state index in [9.17, 15) is 0 Å². The van der Waals surface area contributed by atoms with Gasteiger partial charge in [-0.25, -0.2) is 0 Å². The van der Waals surface area contributed by atoms with Crippen LogP contribution >= 0.6 is 0 Å². The lowest BCUT2D eigenvalue weighted by molar-refractivity contribution is 0.150. The molecule has 2 nitrogen and oxygen atoms in total. The normalized spacial score (nSPS) is 16.4. The van der Waals surface area contributed by atoms with E-state index >= 15 is 0 Å². The number of rotatable bonds is 11. The molecule has 1 fully saturated rings. The van der Waals surface area contributed by atoms with Crippen LogP contribution in [0.25, 0.3) is 0 Å². The van der Waals surface area contributed by atoms with Crippen molar-refractivity contribution in [2.24, 2.45) is 0 Å². The molecule has 0 aromatic rings. The Hall–Kier alpha value is -0.0800. The Morgan fingerprint density at radius 3 is 1.94 bits per heavy atom. The predicted molar refractivity (Wildman–Crippen MR) is 76.5 cm³/mol. The number of hydrogen-bond acceptors (Lipinski definition) is 2. The maximum Gasteiger partial charge on any atom is 0.0345 e. The lowest BCUT2D eigenvalue weighted by atomic mass is 10.1. The Morgan fingerprint density at radius 1 is 0.882 bits per heavy atom. The van der Waals surface area contributed by atoms with Gasteiger partial charge in [0.15, 0.2) is 0 Å². The average molecular weight is 240 g/mol. The smallest absolute Gasteiger partial charge is 0.0345 e. The molecular formula is C15H32N2. The molecule has 1 N–H and O–H groups in total. The highest BCUT2D eigenvalue weighted by Gasteiger charge is 2.22. The van der Waals surface area contributed by atoms with Crippen molar-refractivity contribution in [3.63, 3.8) is 0 Å². The second kappa shape index (κ2) is 9.90. The van der Waals surface area contributed by atoms with Crippen LogP contribution < -0.4 is 5.32 Å². The molecule has 0 saturated carbocycles. The summed E-state index contributed by atoms with van der Waals surface area (Å²) < 4.78 is 0. The van der Waals surface area contributed by atoms with Gasteiger partial charge in [-0.1, -0.05) is 58.8 Å². The third-order valence-electron chi connectivity index (χ3n) is 3.98. The molecule has 0 amide bonds. The van der Waals surface area contributed by atoms with Crippen molar-refractivity contribution < 1.29 is 0 Å². The molecule has 0 aromatic heterocycles. The van der Waals surface area contributed by atoms with E-state index in [1.54, 1.807) is 0 Å². The monoisotopic (exact) mass is 240 g/mol. The highest BCUT2D eigenvalue weighted by atomic mass is 15.2. The molecule has 1 rings (SSSR count). The summed E-state index contributed by atoms with van der Waals surface area (Å²) in [7, 11) is 0. The Balaban J connectivity index is 1.85. The van der Waals surface area contributed by atoms with E-state index < -0.39 is 0 Å². The SMILES string of the molecule is CCCCCCCCCCN(CC)C1CNC1. The number of hydrogen-bond donors (Lipinski definition) is 1. The maximum absolute atomic E-state index is 3.36. The van der Waals surface area contributed by atoms with Gasteiger partial charge in [-0.15, -0.1) is 0 Å². The number of unbranched alkanes of at least 4 members (excludes halogenated alkanes) is 7. The summed E-state index contributed by atoms with van der Waals surface area (Å²) in [5.74, 6) is 0. The van der Waals surface area contributed by atoms with Gasteiger partial charge < -0.3 is 5.32 Å². The molecule has 0 spiro atoms. The Labute approximate surface area is 108 Å². The molecule has 2 heteroatoms. The fourth-order valence-electron chi connectivity index (χ4n) is 2.58. The van der Waals surface area contributed by atoms with Gasteiger partial charge in [-0.2, -0.15) is 0 Å². The van der Waals surface area contributed by atoms with Crippen LogP contribution in [-0.2, 0) is 0 Å². The molecular weight excluding hydrogens is 208 g/mol. The first-order valence-electron chi connectivity index (χ1n) is 7.83. The fourth-order valence-corrected chi connectivity index (χ4v) is 2.58. The second-order valence-electron chi connectivity index (χ2n) is 5.42. The number of nitrogens with zero attached hydrogens (tertiary/aromatic N) is 1. The second-order valence-corrected chi connectivity index (χ2v) is 5.42. The predicted octanol–water partition coefficient (Wildman–Crippen LogP) is 3.42. The summed E-state index contributed by atoms with van der Waals surface area (Å²) in [5, 5.41) is 3.36. The van der Waals surface area contributed by atoms with Crippen LogP contribution in [-0.4, -0.2) is 37.1 Å². The highest BCUT2D eigenvalue weighted by Crippen LogP contribution is 2.10. The van der Waals surface area contributed by atoms with E-state index in [4.69, 9.17) is 0 Å². The van der Waals surface area contributed by atoms with Crippen molar-refractivity contribution in [2.75, 3.05) is 26.2 Å². The Kier molecular flexibility index (Phi) is 8.72. The topological polar surface area (TPSA) is 15.3 Å². The standard InChI is InChI=1S/C15H32N2/c1-3-5-6-7-8-9-10-11-12-17(4-2)15-13-16-14-15/h15-16H,3-14H2,1-2H3. The molecule has 17 heavy (non-hydrogen) atoms. The molecule has 1 aliphatic rings. The molecule has 0 bridgehead atoms. The van der Waals surface area contributed by atoms with E-state index in [0.717, 1.165) is 6.04 Å². The minimum Gasteiger partial charge on any atom is -0.314 e. The van der Waals surface area contributed by atoms with Crippen molar-refractivity contribution in [3.05, 3.63) is 0 Å². The quantitative estimate of drug-likeness (QED) is 0.557. The lowest BCUT2D eigenvalue weighted by Gasteiger charge is -2.37. The van der Waals surface area contributed by atoms with Gasteiger partial charge in [-0.05, 0) is 19.5 Å². The first-order valence-corrected chi connectivity index (χ1v) is 7.83. The lowest BCUT2D eigenvalue weighted by Crippen LogP contribution is -2.57. The van der Waals surface area contributed by atoms with Gasteiger partial charge in [-0.3, -0.25) is 4.90 Å². The van der Waals surface area contributed by atoms with Crippen molar-refractivity contribution in [1.82, 2.24) is 10.2 Å². The molecule has 1 heterocycles. The minimum atomic E-state index is 0.838. The highest BCUT2D eigenvalue weighted by molar-refractivity contribution is 4.83. The maximum atomic E-state index is 3.36. The average Bonchev–Trinajstić information content (AvgIpc) is 2.28. The zero-order chi connectivity index (χ0) is 12.3. The molecule has 0 atom stereocenters. The molecule has 1 aliphatic heterocycles. The van der Waals surface area contributed by atoms with E-state index in [0.29, 0.717) is 0 Å². The van der Waals surface area contributed by atoms with Gasteiger partial charge in [0.1, 0.15) is 0 Å². The molecule has 0 aromatic carbocycles. The van der Waals surface area contributed by atoms with Gasteiger partial charge in [0, 0.05) is 19.1 Å². The van der Waals surface area contributed by atoms with Crippen LogP contribution in [0.15, 0.2) is 0 Å². The fraction of sp³-hybridized carbons (Fsp3) is 1.00. The van der Waals surface area contributed by atoms with Crippen LogP contribution in [0.3, 0.4) is 0 Å². The zero-order valence-electron chi connectivity index (χ0n) is 12.0. The van der Waals surface area contributed by atoms with Crippen LogP contribution in [0.2, 0.25) is 0 Å². The summed E-state index contributed by atoms with van der Waals surface area (Å²) in [6.45, 7) is 9.55. The van der Waals surface area contributed by atoms with Gasteiger partial charge in [0.25, 0.3) is 0 Å². The first-order chi connectivity index (χ1) is 8.38. The van der Waals surface area contributed by atoms with E-state index in [1.165, 1.54) is 77.5 Å². The molecule has 1 saturated heterocycles. The first kappa shape index (κ1) is 15.0. The van der Waals surface area contributed by atoms with Crippen molar-refractivity contribution >= 4 is 0 Å². The van der Waals surface area contributed by atoms with E-state index in [1.807, 2.05) is 0 Å². The minimum absolute atomic E-state index is 0.838. The third kappa shape index (κ3) is 6.42. The summed E-state index contributed by atoms with van der Waals surface area (Å²) in [5.41, 5.74) is 0. The van der Waals surface area contributed by atoms with Crippen molar-refractivity contribution in [2.45, 2.75) is 71.3 Å². The van der Waals surface area contributed by atoms with Crippen LogP contribution in [0.4, 0.5) is 0 Å². The van der Waals surface area contributed by atoms with Crippen molar-refractivity contribution in [3.8, 4) is 0 Å². The summed E-state index contributed by atoms with van der Waals surface area (Å²) in [4.78, 5) is 2.65. The Bertz CT molecular complexity index is 166. The number of likely N-dealkylation sites (N-methyl/N-ethyl adjacent to an activating group) is 1. The van der Waals surface area contributed by atoms with Crippen LogP contribution in [0, 0.1) is 0 Å². The largest absolute Gasteiger partial charge is 0.314 e. The molecule has 102 valence electrons. The van der Waals surface area contributed by atoms with Gasteiger partial charge >= 0.3 is 0 Å².